The number of benzene rings is 1. The lowest BCUT2D eigenvalue weighted by Gasteiger charge is -2.24. The lowest BCUT2D eigenvalue weighted by Crippen LogP contribution is -2.17. The van der Waals surface area contributed by atoms with E-state index in [2.05, 4.69) is 0 Å². The third-order valence-corrected chi connectivity index (χ3v) is 2.40. The van der Waals surface area contributed by atoms with Gasteiger partial charge in [0.05, 0.1) is 6.61 Å². The van der Waals surface area contributed by atoms with Crippen LogP contribution in [-0.4, -0.2) is 5.11 Å². The van der Waals surface area contributed by atoms with Crippen molar-refractivity contribution < 1.29 is 9.50 Å². The van der Waals surface area contributed by atoms with Crippen LogP contribution < -0.4 is 0 Å². The molecule has 0 saturated carbocycles. The van der Waals surface area contributed by atoms with E-state index in [0.29, 0.717) is 5.56 Å². The Hall–Kier alpha value is -0.890. The lowest BCUT2D eigenvalue weighted by molar-refractivity contribution is 0.276. The van der Waals surface area contributed by atoms with Gasteiger partial charge in [-0.05, 0) is 35.1 Å². The fourth-order valence-corrected chi connectivity index (χ4v) is 1.74. The van der Waals surface area contributed by atoms with Crippen LogP contribution >= 0.6 is 0 Å². The van der Waals surface area contributed by atoms with Crippen molar-refractivity contribution in [3.63, 3.8) is 0 Å². The summed E-state index contributed by atoms with van der Waals surface area (Å²) in [6, 6.07) is 3.17. The molecule has 0 fully saturated rings. The molecule has 1 aromatic carbocycles. The minimum Gasteiger partial charge on any atom is -0.392 e. The van der Waals surface area contributed by atoms with Crippen LogP contribution in [0.25, 0.3) is 0 Å². The average molecular weight is 196 g/mol. The zero-order valence-corrected chi connectivity index (χ0v) is 9.19. The molecular weight excluding hydrogens is 179 g/mol. The van der Waals surface area contributed by atoms with Gasteiger partial charge in [0.25, 0.3) is 0 Å². The van der Waals surface area contributed by atoms with Crippen molar-refractivity contribution in [2.45, 2.75) is 39.7 Å². The fourth-order valence-electron chi connectivity index (χ4n) is 1.74. The van der Waals surface area contributed by atoms with E-state index in [1.54, 1.807) is 6.07 Å². The highest BCUT2D eigenvalue weighted by atomic mass is 19.1. The Kier molecular flexibility index (Phi) is 2.95. The molecule has 14 heavy (non-hydrogen) atoms. The van der Waals surface area contributed by atoms with Crippen molar-refractivity contribution in [1.29, 1.82) is 0 Å². The van der Waals surface area contributed by atoms with Gasteiger partial charge in [-0.1, -0.05) is 26.8 Å². The van der Waals surface area contributed by atoms with Crippen LogP contribution in [0.2, 0.25) is 0 Å². The molecule has 0 aliphatic rings. The van der Waals surface area contributed by atoms with Gasteiger partial charge in [0, 0.05) is 0 Å². The van der Waals surface area contributed by atoms with Gasteiger partial charge >= 0.3 is 0 Å². The topological polar surface area (TPSA) is 20.2 Å². The fraction of sp³-hybridized carbons (Fsp3) is 0.500. The highest BCUT2D eigenvalue weighted by Crippen LogP contribution is 2.30. The van der Waals surface area contributed by atoms with E-state index in [1.165, 1.54) is 6.07 Å². The number of aryl methyl sites for hydroxylation is 1. The Bertz CT molecular complexity index is 337. The zero-order chi connectivity index (χ0) is 10.9. The third kappa shape index (κ3) is 1.95. The lowest BCUT2D eigenvalue weighted by atomic mass is 9.82. The molecule has 1 nitrogen and oxygen atoms in total. The zero-order valence-electron chi connectivity index (χ0n) is 9.19. The van der Waals surface area contributed by atoms with Crippen molar-refractivity contribution >= 4 is 0 Å². The summed E-state index contributed by atoms with van der Waals surface area (Å²) in [6.45, 7) is 7.63. The Morgan fingerprint density at radius 2 is 1.86 bits per heavy atom. The summed E-state index contributed by atoms with van der Waals surface area (Å²) in [6.07, 6.45) is 0. The van der Waals surface area contributed by atoms with E-state index in [-0.39, 0.29) is 17.8 Å². The van der Waals surface area contributed by atoms with Gasteiger partial charge in [0.1, 0.15) is 5.82 Å². The summed E-state index contributed by atoms with van der Waals surface area (Å²) in [5.74, 6) is -0.229. The Morgan fingerprint density at radius 3 is 2.21 bits per heavy atom. The van der Waals surface area contributed by atoms with Crippen molar-refractivity contribution in [3.05, 3.63) is 34.6 Å². The minimum atomic E-state index is -0.270. The van der Waals surface area contributed by atoms with E-state index < -0.39 is 0 Å². The molecule has 1 N–H and O–H groups in total. The molecular formula is C12H17FO. The molecule has 0 aliphatic heterocycles. The smallest absolute Gasteiger partial charge is 0.127 e. The van der Waals surface area contributed by atoms with Crippen LogP contribution in [0.5, 0.6) is 0 Å². The summed E-state index contributed by atoms with van der Waals surface area (Å²) in [5.41, 5.74) is 2.02. The van der Waals surface area contributed by atoms with E-state index in [1.807, 2.05) is 27.7 Å². The van der Waals surface area contributed by atoms with E-state index in [9.17, 15) is 9.50 Å². The molecule has 0 atom stereocenters. The van der Waals surface area contributed by atoms with Gasteiger partial charge in [-0.3, -0.25) is 0 Å². The summed E-state index contributed by atoms with van der Waals surface area (Å²) >= 11 is 0. The number of aliphatic hydroxyl groups is 1. The van der Waals surface area contributed by atoms with Crippen molar-refractivity contribution in [2.24, 2.45) is 0 Å². The van der Waals surface area contributed by atoms with Crippen LogP contribution in [0, 0.1) is 12.7 Å². The number of halogens is 1. The molecule has 0 bridgehead atoms. The molecule has 0 amide bonds. The maximum absolute atomic E-state index is 13.6. The molecule has 1 aromatic rings. The Balaban J connectivity index is 3.46. The molecule has 78 valence electrons. The summed E-state index contributed by atoms with van der Waals surface area (Å²) in [4.78, 5) is 0. The highest BCUT2D eigenvalue weighted by molar-refractivity contribution is 5.39. The average Bonchev–Trinajstić information content (AvgIpc) is 2.06. The maximum atomic E-state index is 13.6. The molecule has 0 spiro atoms. The van der Waals surface area contributed by atoms with Gasteiger partial charge < -0.3 is 5.11 Å². The second-order valence-corrected chi connectivity index (χ2v) is 4.63. The number of aliphatic hydroxyl groups excluding tert-OH is 1. The number of hydrogen-bond donors (Lipinski definition) is 1. The Labute approximate surface area is 84.6 Å². The molecule has 0 radical (unpaired) electrons. The van der Waals surface area contributed by atoms with E-state index >= 15 is 0 Å². The van der Waals surface area contributed by atoms with Crippen molar-refractivity contribution in [2.75, 3.05) is 0 Å². The summed E-state index contributed by atoms with van der Waals surface area (Å²) < 4.78 is 13.6. The van der Waals surface area contributed by atoms with Crippen molar-refractivity contribution in [1.82, 2.24) is 0 Å². The van der Waals surface area contributed by atoms with Crippen LogP contribution in [0.1, 0.15) is 37.5 Å². The first-order valence-electron chi connectivity index (χ1n) is 4.77. The first-order valence-corrected chi connectivity index (χ1v) is 4.77. The first kappa shape index (κ1) is 11.2. The van der Waals surface area contributed by atoms with Gasteiger partial charge in [0.2, 0.25) is 0 Å². The molecule has 0 saturated heterocycles. The normalized spacial score (nSPS) is 11.9. The van der Waals surface area contributed by atoms with Gasteiger partial charge in [-0.25, -0.2) is 4.39 Å². The molecule has 1 rings (SSSR count). The monoisotopic (exact) mass is 196 g/mol. The predicted molar refractivity (Wildman–Crippen MR) is 55.8 cm³/mol. The van der Waals surface area contributed by atoms with Gasteiger partial charge in [0.15, 0.2) is 0 Å². The van der Waals surface area contributed by atoms with Gasteiger partial charge in [-0.2, -0.15) is 0 Å². The van der Waals surface area contributed by atoms with Crippen LogP contribution in [0.15, 0.2) is 12.1 Å². The predicted octanol–water partition coefficient (Wildman–Crippen LogP) is 2.92. The second kappa shape index (κ2) is 3.70. The molecule has 0 unspecified atom stereocenters. The largest absolute Gasteiger partial charge is 0.392 e. The van der Waals surface area contributed by atoms with E-state index in [0.717, 1.165) is 11.1 Å². The van der Waals surface area contributed by atoms with Crippen LogP contribution in [0.4, 0.5) is 4.39 Å². The van der Waals surface area contributed by atoms with Crippen LogP contribution in [0.3, 0.4) is 0 Å². The van der Waals surface area contributed by atoms with Gasteiger partial charge in [-0.15, -0.1) is 0 Å². The maximum Gasteiger partial charge on any atom is 0.127 e. The van der Waals surface area contributed by atoms with E-state index in [4.69, 9.17) is 0 Å². The minimum absolute atomic E-state index is 0.101. The Morgan fingerprint density at radius 1 is 1.29 bits per heavy atom. The highest BCUT2D eigenvalue weighted by Gasteiger charge is 2.22. The van der Waals surface area contributed by atoms with Crippen molar-refractivity contribution in [3.8, 4) is 0 Å². The molecule has 2 heteroatoms. The summed E-state index contributed by atoms with van der Waals surface area (Å²) in [5, 5.41) is 9.22. The third-order valence-electron chi connectivity index (χ3n) is 2.40. The summed E-state index contributed by atoms with van der Waals surface area (Å²) in [7, 11) is 0. The SMILES string of the molecule is Cc1ccc(F)c(C(C)(C)C)c1CO. The number of rotatable bonds is 1. The quantitative estimate of drug-likeness (QED) is 0.732. The standard InChI is InChI=1S/C12H17FO/c1-8-5-6-10(13)11(9(8)7-14)12(2,3)4/h5-6,14H,7H2,1-4H3. The second-order valence-electron chi connectivity index (χ2n) is 4.63. The molecule has 0 heterocycles. The molecule has 0 aliphatic carbocycles. The molecule has 0 aromatic heterocycles. The van der Waals surface area contributed by atoms with Crippen LogP contribution in [-0.2, 0) is 12.0 Å². The number of hydrogen-bond acceptors (Lipinski definition) is 1. The first-order chi connectivity index (χ1) is 6.38.